The van der Waals surface area contributed by atoms with Crippen LogP contribution in [0.4, 0.5) is 5.82 Å². The first-order chi connectivity index (χ1) is 14.8. The lowest BCUT2D eigenvalue weighted by Gasteiger charge is -2.18. The first-order valence-electron chi connectivity index (χ1n) is 10.3. The number of hydrogen-bond acceptors (Lipinski definition) is 3. The molecule has 2 aromatic carbocycles. The Balaban J connectivity index is 1.53. The molecule has 2 heterocycles. The zero-order chi connectivity index (χ0) is 22.0. The van der Waals surface area contributed by atoms with Crippen molar-refractivity contribution in [2.75, 3.05) is 5.32 Å². The molecule has 5 nitrogen and oxygen atoms in total. The van der Waals surface area contributed by atoms with E-state index in [-0.39, 0.29) is 11.3 Å². The molecule has 0 radical (unpaired) electrons. The van der Waals surface area contributed by atoms with E-state index in [1.165, 1.54) is 11.6 Å². The van der Waals surface area contributed by atoms with Crippen molar-refractivity contribution >= 4 is 28.7 Å². The molecule has 2 aromatic heterocycles. The lowest BCUT2D eigenvalue weighted by molar-refractivity contribution is -0.111. The van der Waals surface area contributed by atoms with Crippen LogP contribution in [0.1, 0.15) is 37.6 Å². The van der Waals surface area contributed by atoms with E-state index < -0.39 is 0 Å². The van der Waals surface area contributed by atoms with Gasteiger partial charge in [0.2, 0.25) is 5.91 Å². The minimum absolute atomic E-state index is 0.104. The molecule has 0 aliphatic carbocycles. The molecule has 156 valence electrons. The zero-order valence-electron chi connectivity index (χ0n) is 18.3. The van der Waals surface area contributed by atoms with Gasteiger partial charge in [0.1, 0.15) is 5.82 Å². The average molecular weight is 411 g/mol. The molecule has 0 bridgehead atoms. The third-order valence-corrected chi connectivity index (χ3v) is 5.09. The Bertz CT molecular complexity index is 1260. The molecule has 0 unspecified atom stereocenters. The molecule has 0 saturated heterocycles. The zero-order valence-corrected chi connectivity index (χ0v) is 18.3. The van der Waals surface area contributed by atoms with Crippen molar-refractivity contribution in [2.24, 2.45) is 0 Å². The molecule has 0 fully saturated rings. The highest BCUT2D eigenvalue weighted by Gasteiger charge is 2.13. The van der Waals surface area contributed by atoms with Gasteiger partial charge in [-0.05, 0) is 47.7 Å². The Morgan fingerprint density at radius 2 is 1.74 bits per heavy atom. The number of anilines is 1. The van der Waals surface area contributed by atoms with Crippen LogP contribution < -0.4 is 5.32 Å². The molecule has 4 rings (SSSR count). The number of para-hydroxylation sites is 1. The summed E-state index contributed by atoms with van der Waals surface area (Å²) in [5.74, 6) is 1.02. The van der Waals surface area contributed by atoms with Gasteiger partial charge in [0.15, 0.2) is 5.82 Å². The second-order valence-electron chi connectivity index (χ2n) is 8.64. The molecule has 0 aliphatic heterocycles. The van der Waals surface area contributed by atoms with Crippen LogP contribution in [0.3, 0.4) is 0 Å². The number of carbonyl (C=O) groups is 1. The van der Waals surface area contributed by atoms with Crippen LogP contribution in [0.15, 0.2) is 72.8 Å². The summed E-state index contributed by atoms with van der Waals surface area (Å²) in [7, 11) is 0. The maximum atomic E-state index is 12.6. The molecule has 5 heteroatoms. The van der Waals surface area contributed by atoms with Crippen molar-refractivity contribution in [3.05, 3.63) is 89.6 Å². The maximum Gasteiger partial charge on any atom is 0.249 e. The summed E-state index contributed by atoms with van der Waals surface area (Å²) in [4.78, 5) is 17.2. The van der Waals surface area contributed by atoms with Crippen LogP contribution in [-0.2, 0) is 10.2 Å². The van der Waals surface area contributed by atoms with Gasteiger partial charge in [0.25, 0.3) is 0 Å². The minimum Gasteiger partial charge on any atom is -0.307 e. The van der Waals surface area contributed by atoms with E-state index in [0.29, 0.717) is 11.6 Å². The Hall–Kier alpha value is -3.73. The van der Waals surface area contributed by atoms with Crippen molar-refractivity contribution in [2.45, 2.75) is 33.1 Å². The fourth-order valence-corrected chi connectivity index (χ4v) is 3.37. The fraction of sp³-hybridized carbons (Fsp3) is 0.192. The average Bonchev–Trinajstić information content (AvgIpc) is 3.11. The third-order valence-electron chi connectivity index (χ3n) is 5.09. The number of hydrogen-bond donors (Lipinski definition) is 1. The van der Waals surface area contributed by atoms with E-state index in [1.807, 2.05) is 67.6 Å². The summed E-state index contributed by atoms with van der Waals surface area (Å²) in [6.45, 7) is 8.43. The number of benzene rings is 2. The lowest BCUT2D eigenvalue weighted by atomic mass is 9.87. The van der Waals surface area contributed by atoms with Crippen molar-refractivity contribution in [3.8, 4) is 5.82 Å². The number of pyridine rings is 1. The van der Waals surface area contributed by atoms with Crippen molar-refractivity contribution in [3.63, 3.8) is 0 Å². The Kier molecular flexibility index (Phi) is 5.42. The molecule has 0 aliphatic rings. The van der Waals surface area contributed by atoms with E-state index in [0.717, 1.165) is 22.2 Å². The second kappa shape index (κ2) is 8.19. The second-order valence-corrected chi connectivity index (χ2v) is 8.64. The van der Waals surface area contributed by atoms with Gasteiger partial charge in [0.05, 0.1) is 11.2 Å². The molecule has 1 N–H and O–H groups in total. The van der Waals surface area contributed by atoms with Crippen molar-refractivity contribution < 1.29 is 4.79 Å². The summed E-state index contributed by atoms with van der Waals surface area (Å²) >= 11 is 0. The van der Waals surface area contributed by atoms with E-state index in [9.17, 15) is 4.79 Å². The molecule has 0 spiro atoms. The topological polar surface area (TPSA) is 59.8 Å². The lowest BCUT2D eigenvalue weighted by Crippen LogP contribution is -2.13. The normalized spacial score (nSPS) is 11.9. The van der Waals surface area contributed by atoms with Gasteiger partial charge in [0, 0.05) is 17.5 Å². The first kappa shape index (κ1) is 20.5. The molecule has 0 saturated carbocycles. The summed E-state index contributed by atoms with van der Waals surface area (Å²) in [5, 5.41) is 8.48. The van der Waals surface area contributed by atoms with Crippen LogP contribution in [-0.4, -0.2) is 20.7 Å². The number of fused-ring (bicyclic) bond motifs is 1. The van der Waals surface area contributed by atoms with E-state index >= 15 is 0 Å². The van der Waals surface area contributed by atoms with Crippen LogP contribution >= 0.6 is 0 Å². The Morgan fingerprint density at radius 1 is 1.00 bits per heavy atom. The van der Waals surface area contributed by atoms with Gasteiger partial charge in [-0.15, -0.1) is 0 Å². The smallest absolute Gasteiger partial charge is 0.249 e. The van der Waals surface area contributed by atoms with Crippen LogP contribution in [0.25, 0.3) is 22.8 Å². The van der Waals surface area contributed by atoms with Gasteiger partial charge >= 0.3 is 0 Å². The van der Waals surface area contributed by atoms with Crippen molar-refractivity contribution in [1.29, 1.82) is 0 Å². The number of aryl methyl sites for hydroxylation is 1. The molecule has 31 heavy (non-hydrogen) atoms. The number of amides is 1. The number of nitrogens with zero attached hydrogens (tertiary/aromatic N) is 3. The van der Waals surface area contributed by atoms with E-state index in [2.05, 4.69) is 48.3 Å². The molecule has 1 amide bonds. The molecular formula is C26H26N4O. The molecule has 0 atom stereocenters. The van der Waals surface area contributed by atoms with E-state index in [4.69, 9.17) is 0 Å². The predicted octanol–water partition coefficient (Wildman–Crippen LogP) is 5.68. The Morgan fingerprint density at radius 3 is 2.48 bits per heavy atom. The highest BCUT2D eigenvalue weighted by atomic mass is 16.1. The highest BCUT2D eigenvalue weighted by Crippen LogP contribution is 2.23. The van der Waals surface area contributed by atoms with Gasteiger partial charge in [-0.3, -0.25) is 4.79 Å². The summed E-state index contributed by atoms with van der Waals surface area (Å²) in [6, 6.07) is 21.9. The standard InChI is InChI=1S/C26H26N4O/c1-18-17-24(30(29-18)23-15-12-20-7-5-6-8-22(20)27-23)28-25(31)16-11-19-9-13-21(14-10-19)26(2,3)4/h5-17H,1-4H3,(H,28,31)/b16-11+. The van der Waals surface area contributed by atoms with Crippen LogP contribution in [0.2, 0.25) is 0 Å². The fourth-order valence-electron chi connectivity index (χ4n) is 3.37. The largest absolute Gasteiger partial charge is 0.307 e. The highest BCUT2D eigenvalue weighted by molar-refractivity contribution is 6.01. The number of rotatable bonds is 4. The predicted molar refractivity (Wildman–Crippen MR) is 126 cm³/mol. The third kappa shape index (κ3) is 4.72. The van der Waals surface area contributed by atoms with Crippen LogP contribution in [0, 0.1) is 6.92 Å². The first-order valence-corrected chi connectivity index (χ1v) is 10.3. The van der Waals surface area contributed by atoms with Gasteiger partial charge in [-0.25, -0.2) is 4.98 Å². The Labute approximate surface area is 182 Å². The summed E-state index contributed by atoms with van der Waals surface area (Å²) in [6.07, 6.45) is 3.34. The van der Waals surface area contributed by atoms with Crippen molar-refractivity contribution in [1.82, 2.24) is 14.8 Å². The monoisotopic (exact) mass is 410 g/mol. The quantitative estimate of drug-likeness (QED) is 0.441. The van der Waals surface area contributed by atoms with Gasteiger partial charge in [-0.2, -0.15) is 9.78 Å². The van der Waals surface area contributed by atoms with Crippen LogP contribution in [0.5, 0.6) is 0 Å². The van der Waals surface area contributed by atoms with Gasteiger partial charge in [-0.1, -0.05) is 63.2 Å². The molecule has 4 aromatic rings. The minimum atomic E-state index is -0.221. The number of aromatic nitrogens is 3. The maximum absolute atomic E-state index is 12.6. The SMILES string of the molecule is Cc1cc(NC(=O)/C=C/c2ccc(C(C)(C)C)cc2)n(-c2ccc3ccccc3n2)n1. The number of nitrogens with one attached hydrogen (secondary N) is 1. The summed E-state index contributed by atoms with van der Waals surface area (Å²) < 4.78 is 1.66. The van der Waals surface area contributed by atoms with Gasteiger partial charge < -0.3 is 5.32 Å². The summed E-state index contributed by atoms with van der Waals surface area (Å²) in [5.41, 5.74) is 4.02. The molecular weight excluding hydrogens is 384 g/mol. The number of carbonyl (C=O) groups excluding carboxylic acids is 1. The van der Waals surface area contributed by atoms with E-state index in [1.54, 1.807) is 4.68 Å².